The summed E-state index contributed by atoms with van der Waals surface area (Å²) >= 11 is 1.61. The minimum absolute atomic E-state index is 0.00363. The van der Waals surface area contributed by atoms with Crippen LogP contribution in [0.2, 0.25) is 0 Å². The summed E-state index contributed by atoms with van der Waals surface area (Å²) in [5.74, 6) is 1.51. The van der Waals surface area contributed by atoms with E-state index >= 15 is 0 Å². The number of carbonyl (C=O) groups is 1. The van der Waals surface area contributed by atoms with E-state index in [2.05, 4.69) is 17.2 Å². The van der Waals surface area contributed by atoms with Gasteiger partial charge in [-0.2, -0.15) is 0 Å². The SMILES string of the molecule is CCOc1ccc(CCNC(=O)Cc2csc(CC)n2)cc1OCC. The summed E-state index contributed by atoms with van der Waals surface area (Å²) in [4.78, 5) is 16.4. The number of aromatic nitrogens is 1. The first kappa shape index (κ1) is 19.2. The molecule has 1 N–H and O–H groups in total. The minimum atomic E-state index is 0.00363. The average Bonchev–Trinajstić information content (AvgIpc) is 3.05. The third kappa shape index (κ3) is 6.05. The van der Waals surface area contributed by atoms with Crippen molar-refractivity contribution in [3.8, 4) is 11.5 Å². The molecule has 0 unspecified atom stereocenters. The summed E-state index contributed by atoms with van der Waals surface area (Å²) in [5.41, 5.74) is 1.95. The first-order valence-electron chi connectivity index (χ1n) is 8.74. The number of amides is 1. The van der Waals surface area contributed by atoms with E-state index in [1.54, 1.807) is 11.3 Å². The zero-order chi connectivity index (χ0) is 18.1. The third-order valence-corrected chi connectivity index (χ3v) is 4.63. The largest absolute Gasteiger partial charge is 0.490 e. The summed E-state index contributed by atoms with van der Waals surface area (Å²) < 4.78 is 11.2. The maximum atomic E-state index is 12.0. The lowest BCUT2D eigenvalue weighted by atomic mass is 10.1. The van der Waals surface area contributed by atoms with Crippen LogP contribution < -0.4 is 14.8 Å². The second kappa shape index (κ2) is 10.0. The maximum Gasteiger partial charge on any atom is 0.226 e. The molecule has 0 aliphatic heterocycles. The Bertz CT molecular complexity index is 685. The lowest BCUT2D eigenvalue weighted by Crippen LogP contribution is -2.27. The van der Waals surface area contributed by atoms with Crippen LogP contribution in [0.1, 0.15) is 37.0 Å². The molecule has 1 aromatic heterocycles. The van der Waals surface area contributed by atoms with E-state index in [1.807, 2.05) is 37.4 Å². The molecule has 2 aromatic rings. The van der Waals surface area contributed by atoms with Gasteiger partial charge in [-0.15, -0.1) is 11.3 Å². The Balaban J connectivity index is 1.83. The van der Waals surface area contributed by atoms with E-state index in [0.717, 1.165) is 40.6 Å². The van der Waals surface area contributed by atoms with Crippen molar-refractivity contribution < 1.29 is 14.3 Å². The second-order valence-corrected chi connectivity index (χ2v) is 6.45. The molecule has 0 radical (unpaired) electrons. The average molecular weight is 362 g/mol. The van der Waals surface area contributed by atoms with Gasteiger partial charge in [0.15, 0.2) is 11.5 Å². The number of benzene rings is 1. The Morgan fingerprint density at radius 3 is 2.60 bits per heavy atom. The number of carbonyl (C=O) groups excluding carboxylic acids is 1. The van der Waals surface area contributed by atoms with Crippen molar-refractivity contribution in [1.82, 2.24) is 10.3 Å². The molecule has 0 bridgehead atoms. The molecule has 2 rings (SSSR count). The van der Waals surface area contributed by atoms with Gasteiger partial charge < -0.3 is 14.8 Å². The predicted octanol–water partition coefficient (Wildman–Crippen LogP) is 3.40. The Hall–Kier alpha value is -2.08. The second-order valence-electron chi connectivity index (χ2n) is 5.51. The summed E-state index contributed by atoms with van der Waals surface area (Å²) in [6.07, 6.45) is 1.99. The van der Waals surface area contributed by atoms with Crippen molar-refractivity contribution in [1.29, 1.82) is 0 Å². The molecule has 0 aliphatic rings. The first-order valence-corrected chi connectivity index (χ1v) is 9.62. The molecule has 0 saturated heterocycles. The van der Waals surface area contributed by atoms with Crippen LogP contribution in [0.15, 0.2) is 23.6 Å². The van der Waals surface area contributed by atoms with Gasteiger partial charge in [0.05, 0.1) is 30.3 Å². The molecular formula is C19H26N2O3S. The Kier molecular flexibility index (Phi) is 7.73. The number of hydrogen-bond donors (Lipinski definition) is 1. The lowest BCUT2D eigenvalue weighted by molar-refractivity contribution is -0.120. The molecule has 0 atom stereocenters. The van der Waals surface area contributed by atoms with Crippen molar-refractivity contribution in [2.75, 3.05) is 19.8 Å². The van der Waals surface area contributed by atoms with Crippen molar-refractivity contribution in [3.63, 3.8) is 0 Å². The van der Waals surface area contributed by atoms with Crippen LogP contribution in [-0.4, -0.2) is 30.6 Å². The standard InChI is InChI=1S/C19H26N2O3S/c1-4-19-21-15(13-25-19)12-18(22)20-10-9-14-7-8-16(23-5-2)17(11-14)24-6-3/h7-8,11,13H,4-6,9-10,12H2,1-3H3,(H,20,22). The van der Waals surface area contributed by atoms with E-state index in [-0.39, 0.29) is 5.91 Å². The van der Waals surface area contributed by atoms with Gasteiger partial charge in [-0.3, -0.25) is 4.79 Å². The fourth-order valence-corrected chi connectivity index (χ4v) is 3.16. The van der Waals surface area contributed by atoms with Crippen LogP contribution in [0.3, 0.4) is 0 Å². The van der Waals surface area contributed by atoms with Crippen LogP contribution in [0, 0.1) is 0 Å². The normalized spacial score (nSPS) is 10.5. The number of ether oxygens (including phenoxy) is 2. The number of thiazole rings is 1. The Morgan fingerprint density at radius 2 is 1.92 bits per heavy atom. The molecule has 0 saturated carbocycles. The van der Waals surface area contributed by atoms with E-state index in [9.17, 15) is 4.79 Å². The summed E-state index contributed by atoms with van der Waals surface area (Å²) in [6, 6.07) is 5.91. The van der Waals surface area contributed by atoms with Crippen molar-refractivity contribution in [2.45, 2.75) is 40.0 Å². The van der Waals surface area contributed by atoms with Crippen molar-refractivity contribution in [2.24, 2.45) is 0 Å². The van der Waals surface area contributed by atoms with Crippen LogP contribution in [0.5, 0.6) is 11.5 Å². The molecular weight excluding hydrogens is 336 g/mol. The molecule has 136 valence electrons. The van der Waals surface area contributed by atoms with E-state index < -0.39 is 0 Å². The summed E-state index contributed by atoms with van der Waals surface area (Å²) in [5, 5.41) is 5.98. The van der Waals surface area contributed by atoms with Gasteiger partial charge in [-0.05, 0) is 44.4 Å². The molecule has 1 amide bonds. The fraction of sp³-hybridized carbons (Fsp3) is 0.474. The topological polar surface area (TPSA) is 60.5 Å². The van der Waals surface area contributed by atoms with Gasteiger partial charge in [0.25, 0.3) is 0 Å². The van der Waals surface area contributed by atoms with Gasteiger partial charge in [0.1, 0.15) is 0 Å². The van der Waals surface area contributed by atoms with Gasteiger partial charge in [0, 0.05) is 11.9 Å². The number of nitrogens with zero attached hydrogens (tertiary/aromatic N) is 1. The molecule has 1 heterocycles. The minimum Gasteiger partial charge on any atom is -0.490 e. The van der Waals surface area contributed by atoms with Crippen molar-refractivity contribution >= 4 is 17.2 Å². The number of rotatable bonds is 10. The molecule has 1 aromatic carbocycles. The quantitative estimate of drug-likeness (QED) is 0.704. The fourth-order valence-electron chi connectivity index (χ4n) is 2.42. The molecule has 0 aliphatic carbocycles. The molecule has 6 heteroatoms. The smallest absolute Gasteiger partial charge is 0.226 e. The third-order valence-electron chi connectivity index (χ3n) is 3.59. The van der Waals surface area contributed by atoms with E-state index in [0.29, 0.717) is 26.2 Å². The highest BCUT2D eigenvalue weighted by molar-refractivity contribution is 7.09. The van der Waals surface area contributed by atoms with Crippen LogP contribution >= 0.6 is 11.3 Å². The van der Waals surface area contributed by atoms with Crippen LogP contribution in [0.25, 0.3) is 0 Å². The Morgan fingerprint density at radius 1 is 1.16 bits per heavy atom. The van der Waals surface area contributed by atoms with Gasteiger partial charge in [-0.1, -0.05) is 13.0 Å². The number of nitrogens with one attached hydrogen (secondary N) is 1. The highest BCUT2D eigenvalue weighted by Gasteiger charge is 2.09. The molecule has 25 heavy (non-hydrogen) atoms. The zero-order valence-corrected chi connectivity index (χ0v) is 15.9. The van der Waals surface area contributed by atoms with Gasteiger partial charge >= 0.3 is 0 Å². The van der Waals surface area contributed by atoms with Gasteiger partial charge in [0.2, 0.25) is 5.91 Å². The monoisotopic (exact) mass is 362 g/mol. The molecule has 0 spiro atoms. The Labute approximate surface area is 153 Å². The molecule has 5 nitrogen and oxygen atoms in total. The van der Waals surface area contributed by atoms with E-state index in [4.69, 9.17) is 9.47 Å². The van der Waals surface area contributed by atoms with Crippen molar-refractivity contribution in [3.05, 3.63) is 39.8 Å². The maximum absolute atomic E-state index is 12.0. The highest BCUT2D eigenvalue weighted by Crippen LogP contribution is 2.28. The van der Waals surface area contributed by atoms with Crippen LogP contribution in [-0.2, 0) is 24.1 Å². The highest BCUT2D eigenvalue weighted by atomic mass is 32.1. The van der Waals surface area contributed by atoms with E-state index in [1.165, 1.54) is 0 Å². The number of aryl methyl sites for hydroxylation is 1. The zero-order valence-electron chi connectivity index (χ0n) is 15.1. The van der Waals surface area contributed by atoms with Gasteiger partial charge in [-0.25, -0.2) is 4.98 Å². The number of hydrogen-bond acceptors (Lipinski definition) is 5. The summed E-state index contributed by atoms with van der Waals surface area (Å²) in [7, 11) is 0. The van der Waals surface area contributed by atoms with Crippen LogP contribution in [0.4, 0.5) is 0 Å². The molecule has 0 fully saturated rings. The lowest BCUT2D eigenvalue weighted by Gasteiger charge is -2.12. The summed E-state index contributed by atoms with van der Waals surface area (Å²) in [6.45, 7) is 7.74. The first-order chi connectivity index (χ1) is 12.2. The predicted molar refractivity (Wildman–Crippen MR) is 101 cm³/mol.